The van der Waals surface area contributed by atoms with Gasteiger partial charge < -0.3 is 15.4 Å². The van der Waals surface area contributed by atoms with Crippen molar-refractivity contribution in [2.24, 2.45) is 0 Å². The highest BCUT2D eigenvalue weighted by Gasteiger charge is 2.15. The van der Waals surface area contributed by atoms with Crippen molar-refractivity contribution < 1.29 is 14.3 Å². The molecule has 7 heteroatoms. The molecule has 4 aromatic rings. The number of rotatable bonds is 7. The van der Waals surface area contributed by atoms with Crippen molar-refractivity contribution in [1.82, 2.24) is 4.98 Å². The van der Waals surface area contributed by atoms with Crippen molar-refractivity contribution in [2.45, 2.75) is 13.8 Å². The fraction of sp³-hybridized carbons (Fsp3) is 0.115. The SMILES string of the molecule is CCOc1ccc(-c2nc(C(=O)Nc3cccc(NC(=O)c4ccccc4)c3C)cs2)cc1. The van der Waals surface area contributed by atoms with Crippen LogP contribution in [-0.2, 0) is 0 Å². The van der Waals surface area contributed by atoms with Gasteiger partial charge >= 0.3 is 0 Å². The molecule has 4 rings (SSSR count). The highest BCUT2D eigenvalue weighted by molar-refractivity contribution is 7.13. The number of ether oxygens (including phenoxy) is 1. The Hall–Kier alpha value is -3.97. The number of anilines is 2. The minimum Gasteiger partial charge on any atom is -0.494 e. The van der Waals surface area contributed by atoms with Crippen LogP contribution in [0.15, 0.2) is 78.2 Å². The lowest BCUT2D eigenvalue weighted by Crippen LogP contribution is -2.16. The van der Waals surface area contributed by atoms with Gasteiger partial charge in [0, 0.05) is 27.9 Å². The Morgan fingerprint density at radius 1 is 0.879 bits per heavy atom. The van der Waals surface area contributed by atoms with Gasteiger partial charge in [-0.25, -0.2) is 4.98 Å². The van der Waals surface area contributed by atoms with Crippen molar-refractivity contribution in [2.75, 3.05) is 17.2 Å². The van der Waals surface area contributed by atoms with E-state index in [4.69, 9.17) is 4.74 Å². The first-order chi connectivity index (χ1) is 16.0. The minimum atomic E-state index is -0.307. The Labute approximate surface area is 196 Å². The van der Waals surface area contributed by atoms with Gasteiger partial charge in [-0.3, -0.25) is 9.59 Å². The summed E-state index contributed by atoms with van der Waals surface area (Å²) in [5.74, 6) is 0.283. The average Bonchev–Trinajstić information content (AvgIpc) is 3.33. The standard InChI is InChI=1S/C26H23N3O3S/c1-3-32-20-14-12-19(13-15-20)26-29-23(16-33-26)25(31)28-22-11-7-10-21(17(22)2)27-24(30)18-8-5-4-6-9-18/h4-16H,3H2,1-2H3,(H,27,30)(H,28,31). The molecular formula is C26H23N3O3S. The molecule has 0 atom stereocenters. The lowest BCUT2D eigenvalue weighted by Gasteiger charge is -2.13. The smallest absolute Gasteiger partial charge is 0.275 e. The van der Waals surface area contributed by atoms with E-state index in [1.807, 2.05) is 56.3 Å². The average molecular weight is 458 g/mol. The molecule has 3 aromatic carbocycles. The molecule has 2 N–H and O–H groups in total. The first-order valence-electron chi connectivity index (χ1n) is 10.5. The van der Waals surface area contributed by atoms with Crippen molar-refractivity contribution in [1.29, 1.82) is 0 Å². The van der Waals surface area contributed by atoms with E-state index in [0.29, 0.717) is 29.2 Å². The topological polar surface area (TPSA) is 80.3 Å². The van der Waals surface area contributed by atoms with Crippen LogP contribution >= 0.6 is 11.3 Å². The van der Waals surface area contributed by atoms with E-state index in [1.165, 1.54) is 11.3 Å². The Morgan fingerprint density at radius 3 is 2.21 bits per heavy atom. The Balaban J connectivity index is 1.47. The molecule has 0 saturated carbocycles. The van der Waals surface area contributed by atoms with Gasteiger partial charge in [-0.05, 0) is 67.9 Å². The molecular weight excluding hydrogens is 434 g/mol. The summed E-state index contributed by atoms with van der Waals surface area (Å²) in [4.78, 5) is 29.8. The molecule has 2 amide bonds. The molecule has 0 bridgehead atoms. The number of benzene rings is 3. The van der Waals surface area contributed by atoms with Gasteiger partial charge in [0.1, 0.15) is 16.5 Å². The Bertz CT molecular complexity index is 1270. The van der Waals surface area contributed by atoms with E-state index in [2.05, 4.69) is 15.6 Å². The fourth-order valence-corrected chi connectivity index (χ4v) is 4.05. The Morgan fingerprint density at radius 2 is 1.55 bits per heavy atom. The quantitative estimate of drug-likeness (QED) is 0.355. The van der Waals surface area contributed by atoms with Crippen molar-refractivity contribution in [3.8, 4) is 16.3 Å². The van der Waals surface area contributed by atoms with Crippen molar-refractivity contribution >= 4 is 34.5 Å². The van der Waals surface area contributed by atoms with Crippen LogP contribution in [-0.4, -0.2) is 23.4 Å². The molecule has 0 aliphatic heterocycles. The predicted octanol–water partition coefficient (Wildman–Crippen LogP) is 6.02. The first-order valence-corrected chi connectivity index (χ1v) is 11.4. The zero-order valence-corrected chi connectivity index (χ0v) is 19.1. The summed E-state index contributed by atoms with van der Waals surface area (Å²) >= 11 is 1.40. The summed E-state index contributed by atoms with van der Waals surface area (Å²) in [6, 6.07) is 22.0. The lowest BCUT2D eigenvalue weighted by atomic mass is 10.1. The zero-order valence-electron chi connectivity index (χ0n) is 18.3. The second kappa shape index (κ2) is 10.1. The van der Waals surface area contributed by atoms with E-state index < -0.39 is 0 Å². The van der Waals surface area contributed by atoms with Gasteiger partial charge in [0.25, 0.3) is 11.8 Å². The van der Waals surface area contributed by atoms with Crippen LogP contribution < -0.4 is 15.4 Å². The minimum absolute atomic E-state index is 0.207. The highest BCUT2D eigenvalue weighted by Crippen LogP contribution is 2.28. The maximum Gasteiger partial charge on any atom is 0.275 e. The predicted molar refractivity (Wildman–Crippen MR) is 132 cm³/mol. The molecule has 0 radical (unpaired) electrons. The van der Waals surface area contributed by atoms with Crippen molar-refractivity contribution in [3.63, 3.8) is 0 Å². The number of nitrogens with one attached hydrogen (secondary N) is 2. The molecule has 1 aromatic heterocycles. The van der Waals surface area contributed by atoms with Crippen LogP contribution in [0.5, 0.6) is 5.75 Å². The van der Waals surface area contributed by atoms with Gasteiger partial charge in [0.05, 0.1) is 6.61 Å². The number of amides is 2. The van der Waals surface area contributed by atoms with Crippen LogP contribution in [0.2, 0.25) is 0 Å². The molecule has 1 heterocycles. The lowest BCUT2D eigenvalue weighted by molar-refractivity contribution is 0.101. The highest BCUT2D eigenvalue weighted by atomic mass is 32.1. The number of nitrogens with zero attached hydrogens (tertiary/aromatic N) is 1. The monoisotopic (exact) mass is 457 g/mol. The summed E-state index contributed by atoms with van der Waals surface area (Å²) in [5.41, 5.74) is 3.83. The number of aromatic nitrogens is 1. The van der Waals surface area contributed by atoms with Crippen LogP contribution in [0.1, 0.15) is 33.3 Å². The molecule has 0 spiro atoms. The summed E-state index contributed by atoms with van der Waals surface area (Å²) in [6.07, 6.45) is 0. The van der Waals surface area contributed by atoms with Gasteiger partial charge in [-0.15, -0.1) is 11.3 Å². The molecule has 33 heavy (non-hydrogen) atoms. The second-order valence-electron chi connectivity index (χ2n) is 7.25. The van der Waals surface area contributed by atoms with E-state index >= 15 is 0 Å². The molecule has 166 valence electrons. The third-order valence-electron chi connectivity index (χ3n) is 5.02. The van der Waals surface area contributed by atoms with E-state index in [9.17, 15) is 9.59 Å². The van der Waals surface area contributed by atoms with Crippen LogP contribution in [0.25, 0.3) is 10.6 Å². The van der Waals surface area contributed by atoms with Crippen LogP contribution in [0, 0.1) is 6.92 Å². The summed E-state index contributed by atoms with van der Waals surface area (Å²) < 4.78 is 5.47. The number of carbonyl (C=O) groups is 2. The molecule has 0 fully saturated rings. The number of hydrogen-bond acceptors (Lipinski definition) is 5. The number of hydrogen-bond donors (Lipinski definition) is 2. The zero-order chi connectivity index (χ0) is 23.2. The summed E-state index contributed by atoms with van der Waals surface area (Å²) in [5, 5.41) is 8.30. The maximum atomic E-state index is 12.8. The molecule has 0 aliphatic carbocycles. The molecule has 0 unspecified atom stereocenters. The summed E-state index contributed by atoms with van der Waals surface area (Å²) in [7, 11) is 0. The number of carbonyl (C=O) groups excluding carboxylic acids is 2. The van der Waals surface area contributed by atoms with Gasteiger partial charge in [-0.1, -0.05) is 24.3 Å². The van der Waals surface area contributed by atoms with Gasteiger partial charge in [0.2, 0.25) is 0 Å². The third-order valence-corrected chi connectivity index (χ3v) is 5.91. The Kier molecular flexibility index (Phi) is 6.80. The molecule has 6 nitrogen and oxygen atoms in total. The van der Waals surface area contributed by atoms with E-state index in [-0.39, 0.29) is 11.8 Å². The summed E-state index contributed by atoms with van der Waals surface area (Å²) in [6.45, 7) is 4.40. The largest absolute Gasteiger partial charge is 0.494 e. The fourth-order valence-electron chi connectivity index (χ4n) is 3.25. The normalized spacial score (nSPS) is 10.5. The van der Waals surface area contributed by atoms with Crippen LogP contribution in [0.4, 0.5) is 11.4 Å². The third kappa shape index (κ3) is 5.27. The first kappa shape index (κ1) is 22.2. The van der Waals surface area contributed by atoms with Crippen molar-refractivity contribution in [3.05, 3.63) is 95.0 Å². The maximum absolute atomic E-state index is 12.8. The number of thiazole rings is 1. The molecule has 0 saturated heterocycles. The van der Waals surface area contributed by atoms with E-state index in [0.717, 1.165) is 21.9 Å². The van der Waals surface area contributed by atoms with Gasteiger partial charge in [0.15, 0.2) is 0 Å². The van der Waals surface area contributed by atoms with Gasteiger partial charge in [-0.2, -0.15) is 0 Å². The second-order valence-corrected chi connectivity index (χ2v) is 8.11. The van der Waals surface area contributed by atoms with Crippen LogP contribution in [0.3, 0.4) is 0 Å². The van der Waals surface area contributed by atoms with E-state index in [1.54, 1.807) is 35.7 Å². The molecule has 0 aliphatic rings.